The van der Waals surface area contributed by atoms with E-state index in [-0.39, 0.29) is 6.04 Å². The molecular weight excluding hydrogens is 230 g/mol. The predicted molar refractivity (Wildman–Crippen MR) is 71.1 cm³/mol. The zero-order valence-electron chi connectivity index (χ0n) is 10.1. The highest BCUT2D eigenvalue weighted by atomic mass is 32.1. The van der Waals surface area contributed by atoms with Crippen molar-refractivity contribution in [3.8, 4) is 0 Å². The number of rotatable bonds is 4. The average Bonchev–Trinajstić information content (AvgIpc) is 2.83. The minimum atomic E-state index is -0.0000926. The summed E-state index contributed by atoms with van der Waals surface area (Å²) in [6.07, 6.45) is 2.58. The average molecular weight is 247 g/mol. The molecule has 17 heavy (non-hydrogen) atoms. The van der Waals surface area contributed by atoms with Crippen LogP contribution in [-0.2, 0) is 6.42 Å². The molecule has 1 aromatic carbocycles. The molecule has 4 heteroatoms. The van der Waals surface area contributed by atoms with Gasteiger partial charge in [-0.2, -0.15) is 0 Å². The Balaban J connectivity index is 2.04. The van der Waals surface area contributed by atoms with Crippen LogP contribution in [0.25, 0.3) is 0 Å². The Morgan fingerprint density at radius 2 is 1.94 bits per heavy atom. The lowest BCUT2D eigenvalue weighted by Crippen LogP contribution is -2.11. The highest BCUT2D eigenvalue weighted by Gasteiger charge is 2.09. The highest BCUT2D eigenvalue weighted by molar-refractivity contribution is 7.05. The molecule has 0 spiro atoms. The van der Waals surface area contributed by atoms with Gasteiger partial charge in [-0.05, 0) is 35.0 Å². The van der Waals surface area contributed by atoms with Crippen LogP contribution < -0.4 is 5.73 Å². The summed E-state index contributed by atoms with van der Waals surface area (Å²) in [5.41, 5.74) is 8.72. The van der Waals surface area contributed by atoms with Gasteiger partial charge in [0.2, 0.25) is 0 Å². The van der Waals surface area contributed by atoms with E-state index in [0.29, 0.717) is 5.92 Å². The lowest BCUT2D eigenvalue weighted by Gasteiger charge is -2.10. The maximum absolute atomic E-state index is 6.10. The van der Waals surface area contributed by atoms with Gasteiger partial charge in [-0.25, -0.2) is 0 Å². The van der Waals surface area contributed by atoms with Crippen molar-refractivity contribution in [3.63, 3.8) is 0 Å². The molecule has 2 N–H and O–H groups in total. The van der Waals surface area contributed by atoms with Gasteiger partial charge in [0.15, 0.2) is 0 Å². The normalized spacial score (nSPS) is 12.9. The van der Waals surface area contributed by atoms with E-state index < -0.39 is 0 Å². The van der Waals surface area contributed by atoms with Gasteiger partial charge in [0, 0.05) is 6.04 Å². The molecule has 0 saturated heterocycles. The molecule has 0 aliphatic heterocycles. The first-order valence-electron chi connectivity index (χ1n) is 5.78. The third-order valence-corrected chi connectivity index (χ3v) is 3.64. The highest BCUT2D eigenvalue weighted by Crippen LogP contribution is 2.20. The van der Waals surface area contributed by atoms with Crippen molar-refractivity contribution < 1.29 is 0 Å². The van der Waals surface area contributed by atoms with Gasteiger partial charge < -0.3 is 5.73 Å². The van der Waals surface area contributed by atoms with Crippen molar-refractivity contribution in [1.82, 2.24) is 9.59 Å². The van der Waals surface area contributed by atoms with Crippen LogP contribution >= 0.6 is 11.5 Å². The Bertz CT molecular complexity index is 448. The summed E-state index contributed by atoms with van der Waals surface area (Å²) in [5, 5.41) is 3.81. The fraction of sp³-hybridized carbons (Fsp3) is 0.385. The van der Waals surface area contributed by atoms with E-state index in [2.05, 4.69) is 47.7 Å². The van der Waals surface area contributed by atoms with Gasteiger partial charge in [0.25, 0.3) is 0 Å². The number of nitrogens with zero attached hydrogens (tertiary/aromatic N) is 2. The van der Waals surface area contributed by atoms with E-state index in [1.165, 1.54) is 22.7 Å². The van der Waals surface area contributed by atoms with Crippen molar-refractivity contribution >= 4 is 11.5 Å². The smallest absolute Gasteiger partial charge is 0.0669 e. The van der Waals surface area contributed by atoms with Gasteiger partial charge >= 0.3 is 0 Å². The summed E-state index contributed by atoms with van der Waals surface area (Å²) >= 11 is 1.37. The molecule has 1 heterocycles. The summed E-state index contributed by atoms with van der Waals surface area (Å²) < 4.78 is 3.83. The molecule has 1 unspecified atom stereocenters. The summed E-state index contributed by atoms with van der Waals surface area (Å²) in [5.74, 6) is 0.573. The standard InChI is InChI=1S/C13H17N3S/c1-9(2)11-5-3-10(4-6-11)7-12(14)13-8-15-16-17-13/h3-6,8-9,12H,7,14H2,1-2H3. The monoisotopic (exact) mass is 247 g/mol. The largest absolute Gasteiger partial charge is 0.323 e. The van der Waals surface area contributed by atoms with E-state index in [4.69, 9.17) is 5.73 Å². The second-order valence-corrected chi connectivity index (χ2v) is 5.34. The van der Waals surface area contributed by atoms with Crippen molar-refractivity contribution in [2.75, 3.05) is 0 Å². The number of hydrogen-bond acceptors (Lipinski definition) is 4. The lowest BCUT2D eigenvalue weighted by molar-refractivity contribution is 0.733. The van der Waals surface area contributed by atoms with Crippen LogP contribution in [0, 0.1) is 0 Å². The zero-order chi connectivity index (χ0) is 12.3. The van der Waals surface area contributed by atoms with E-state index in [9.17, 15) is 0 Å². The summed E-state index contributed by atoms with van der Waals surface area (Å²) in [7, 11) is 0. The molecule has 0 amide bonds. The van der Waals surface area contributed by atoms with Crippen LogP contribution in [0.4, 0.5) is 0 Å². The van der Waals surface area contributed by atoms with Gasteiger partial charge in [-0.3, -0.25) is 0 Å². The molecule has 0 radical (unpaired) electrons. The molecule has 2 aromatic rings. The van der Waals surface area contributed by atoms with E-state index in [1.54, 1.807) is 6.20 Å². The van der Waals surface area contributed by atoms with Gasteiger partial charge in [0.1, 0.15) is 0 Å². The molecule has 0 aliphatic rings. The molecular formula is C13H17N3S. The summed E-state index contributed by atoms with van der Waals surface area (Å²) in [6.45, 7) is 4.40. The topological polar surface area (TPSA) is 51.8 Å². The molecule has 1 aromatic heterocycles. The molecule has 0 saturated carbocycles. The van der Waals surface area contributed by atoms with Crippen molar-refractivity contribution in [2.24, 2.45) is 5.73 Å². The third-order valence-electron chi connectivity index (χ3n) is 2.85. The second-order valence-electron chi connectivity index (χ2n) is 4.53. The molecule has 0 fully saturated rings. The van der Waals surface area contributed by atoms with Gasteiger partial charge in [-0.15, -0.1) is 5.10 Å². The SMILES string of the molecule is CC(C)c1ccc(CC(N)c2cnns2)cc1. The molecule has 3 nitrogen and oxygen atoms in total. The maximum atomic E-state index is 6.10. The number of benzene rings is 1. The summed E-state index contributed by atoms with van der Waals surface area (Å²) in [4.78, 5) is 1.04. The Morgan fingerprint density at radius 1 is 1.24 bits per heavy atom. The van der Waals surface area contributed by atoms with Crippen LogP contribution in [0.1, 0.15) is 41.8 Å². The van der Waals surface area contributed by atoms with E-state index >= 15 is 0 Å². The Hall–Kier alpha value is -1.26. The minimum Gasteiger partial charge on any atom is -0.323 e. The summed E-state index contributed by atoms with van der Waals surface area (Å²) in [6, 6.07) is 8.67. The van der Waals surface area contributed by atoms with Gasteiger partial charge in [-0.1, -0.05) is 42.6 Å². The minimum absolute atomic E-state index is 0.0000926. The van der Waals surface area contributed by atoms with Crippen LogP contribution in [0.2, 0.25) is 0 Å². The number of hydrogen-bond donors (Lipinski definition) is 1. The first kappa shape index (κ1) is 12.2. The van der Waals surface area contributed by atoms with Crippen molar-refractivity contribution in [1.29, 1.82) is 0 Å². The lowest BCUT2D eigenvalue weighted by atomic mass is 9.99. The predicted octanol–water partition coefficient (Wildman–Crippen LogP) is 2.90. The fourth-order valence-electron chi connectivity index (χ4n) is 1.73. The van der Waals surface area contributed by atoms with E-state index in [1.807, 2.05) is 0 Å². The van der Waals surface area contributed by atoms with Crippen molar-refractivity contribution in [2.45, 2.75) is 32.2 Å². The number of nitrogens with two attached hydrogens (primary N) is 1. The molecule has 2 rings (SSSR count). The zero-order valence-corrected chi connectivity index (χ0v) is 10.9. The maximum Gasteiger partial charge on any atom is 0.0669 e. The van der Waals surface area contributed by atoms with Crippen LogP contribution in [0.5, 0.6) is 0 Å². The Morgan fingerprint density at radius 3 is 2.47 bits per heavy atom. The van der Waals surface area contributed by atoms with Crippen LogP contribution in [0.3, 0.4) is 0 Å². The first-order valence-corrected chi connectivity index (χ1v) is 6.56. The Kier molecular flexibility index (Phi) is 3.86. The first-order chi connectivity index (χ1) is 8.16. The Labute approximate surface area is 106 Å². The number of aromatic nitrogens is 2. The third kappa shape index (κ3) is 3.11. The van der Waals surface area contributed by atoms with Crippen LogP contribution in [-0.4, -0.2) is 9.59 Å². The van der Waals surface area contributed by atoms with Gasteiger partial charge in [0.05, 0.1) is 11.1 Å². The van der Waals surface area contributed by atoms with E-state index in [0.717, 1.165) is 11.3 Å². The molecule has 0 bridgehead atoms. The molecule has 0 aliphatic carbocycles. The fourth-order valence-corrected chi connectivity index (χ4v) is 2.23. The molecule has 90 valence electrons. The second kappa shape index (κ2) is 5.38. The molecule has 1 atom stereocenters. The van der Waals surface area contributed by atoms with Crippen LogP contribution in [0.15, 0.2) is 30.5 Å². The quantitative estimate of drug-likeness (QED) is 0.903. The van der Waals surface area contributed by atoms with Crippen molar-refractivity contribution in [3.05, 3.63) is 46.5 Å².